The van der Waals surface area contributed by atoms with Crippen LogP contribution in [0.15, 0.2) is 59.6 Å². The molecule has 0 bridgehead atoms. The summed E-state index contributed by atoms with van der Waals surface area (Å²) in [7, 11) is 1.69. The number of benzene rings is 2. The van der Waals surface area contributed by atoms with E-state index in [-0.39, 0.29) is 5.75 Å². The van der Waals surface area contributed by atoms with Crippen LogP contribution >= 0.6 is 0 Å². The molecule has 0 radical (unpaired) electrons. The highest BCUT2D eigenvalue weighted by Crippen LogP contribution is 2.18. The summed E-state index contributed by atoms with van der Waals surface area (Å²) >= 11 is 0. The largest absolute Gasteiger partial charge is 0.484 e. The minimum absolute atomic E-state index is 0.189. The fraction of sp³-hybridized carbons (Fsp3) is 0.350. The minimum atomic E-state index is -4.34. The lowest BCUT2D eigenvalue weighted by Gasteiger charge is -2.13. The normalized spacial score (nSPS) is 11.8. The van der Waals surface area contributed by atoms with Gasteiger partial charge in [-0.15, -0.1) is 0 Å². The van der Waals surface area contributed by atoms with Gasteiger partial charge in [-0.1, -0.05) is 30.3 Å². The van der Waals surface area contributed by atoms with Gasteiger partial charge in [-0.05, 0) is 36.2 Å². The predicted molar refractivity (Wildman–Crippen MR) is 106 cm³/mol. The Morgan fingerprint density at radius 3 is 2.32 bits per heavy atom. The smallest absolute Gasteiger partial charge is 0.422 e. The van der Waals surface area contributed by atoms with E-state index in [9.17, 15) is 13.2 Å². The van der Waals surface area contributed by atoms with Gasteiger partial charge in [0.2, 0.25) is 0 Å². The van der Waals surface area contributed by atoms with Crippen LogP contribution in [0.2, 0.25) is 0 Å². The Labute approximate surface area is 163 Å². The van der Waals surface area contributed by atoms with Gasteiger partial charge >= 0.3 is 6.18 Å². The quantitative estimate of drug-likeness (QED) is 0.344. The fourth-order valence-electron chi connectivity index (χ4n) is 2.36. The molecule has 2 rings (SSSR count). The van der Waals surface area contributed by atoms with Crippen molar-refractivity contribution in [3.05, 3.63) is 60.2 Å². The summed E-state index contributed by atoms with van der Waals surface area (Å²) in [6.07, 6.45) is -3.42. The van der Waals surface area contributed by atoms with Crippen molar-refractivity contribution in [3.63, 3.8) is 0 Å². The minimum Gasteiger partial charge on any atom is -0.484 e. The molecule has 2 aromatic rings. The summed E-state index contributed by atoms with van der Waals surface area (Å²) in [5.41, 5.74) is 2.00. The van der Waals surface area contributed by atoms with Crippen LogP contribution in [0.3, 0.4) is 0 Å². The molecule has 28 heavy (non-hydrogen) atoms. The van der Waals surface area contributed by atoms with Crippen molar-refractivity contribution in [2.24, 2.45) is 4.99 Å². The first kappa shape index (κ1) is 21.4. The maximum absolute atomic E-state index is 12.1. The van der Waals surface area contributed by atoms with Gasteiger partial charge in [0.05, 0.1) is 0 Å². The second-order valence-electron chi connectivity index (χ2n) is 6.05. The average Bonchev–Trinajstić information content (AvgIpc) is 2.69. The standard InChI is InChI=1S/C20H25F3N4O/c1-24-19(26-13-5-12-25-17-6-3-2-4-7-17)27-14-16-8-10-18(11-9-16)28-15-20(21,22)23/h2-4,6-11,25H,5,12-15H2,1H3,(H2,24,26,27). The number of aliphatic imine (C=N–C) groups is 1. The summed E-state index contributed by atoms with van der Waals surface area (Å²) in [4.78, 5) is 4.16. The van der Waals surface area contributed by atoms with E-state index in [1.807, 2.05) is 30.3 Å². The first-order valence-electron chi connectivity index (χ1n) is 8.98. The molecule has 3 N–H and O–H groups in total. The number of alkyl halides is 3. The molecule has 0 aliphatic rings. The third-order valence-electron chi connectivity index (χ3n) is 3.76. The molecule has 152 valence electrons. The molecule has 0 aliphatic carbocycles. The van der Waals surface area contributed by atoms with Gasteiger partial charge in [0.25, 0.3) is 0 Å². The lowest BCUT2D eigenvalue weighted by molar-refractivity contribution is -0.153. The molecular weight excluding hydrogens is 369 g/mol. The summed E-state index contributed by atoms with van der Waals surface area (Å²) in [5.74, 6) is 0.853. The molecule has 8 heteroatoms. The number of hydrogen-bond acceptors (Lipinski definition) is 3. The van der Waals surface area contributed by atoms with Gasteiger partial charge in [0.1, 0.15) is 5.75 Å². The van der Waals surface area contributed by atoms with Crippen LogP contribution in [0.25, 0.3) is 0 Å². The summed E-state index contributed by atoms with van der Waals surface area (Å²) in [6.45, 7) is 0.804. The number of anilines is 1. The number of hydrogen-bond donors (Lipinski definition) is 3. The number of nitrogens with one attached hydrogen (secondary N) is 3. The van der Waals surface area contributed by atoms with Crippen molar-refractivity contribution < 1.29 is 17.9 Å². The van der Waals surface area contributed by atoms with Crippen LogP contribution < -0.4 is 20.7 Å². The Morgan fingerprint density at radius 1 is 0.964 bits per heavy atom. The Bertz CT molecular complexity index is 718. The molecule has 0 amide bonds. The summed E-state index contributed by atoms with van der Waals surface area (Å²) in [6, 6.07) is 16.5. The number of nitrogens with zero attached hydrogens (tertiary/aromatic N) is 1. The zero-order valence-corrected chi connectivity index (χ0v) is 15.7. The monoisotopic (exact) mass is 394 g/mol. The lowest BCUT2D eigenvalue weighted by atomic mass is 10.2. The van der Waals surface area contributed by atoms with E-state index < -0.39 is 12.8 Å². The van der Waals surface area contributed by atoms with Crippen molar-refractivity contribution in [3.8, 4) is 5.75 Å². The third kappa shape index (κ3) is 8.66. The van der Waals surface area contributed by atoms with Crippen LogP contribution in [0.4, 0.5) is 18.9 Å². The van der Waals surface area contributed by atoms with Gasteiger partial charge in [-0.25, -0.2) is 0 Å². The Hall–Kier alpha value is -2.90. The van der Waals surface area contributed by atoms with Crippen molar-refractivity contribution in [2.45, 2.75) is 19.1 Å². The number of halogens is 3. The van der Waals surface area contributed by atoms with E-state index >= 15 is 0 Å². The number of guanidine groups is 1. The van der Waals surface area contributed by atoms with Gasteiger partial charge in [0.15, 0.2) is 12.6 Å². The second kappa shape index (κ2) is 11.1. The topological polar surface area (TPSA) is 57.7 Å². The Morgan fingerprint density at radius 2 is 1.68 bits per heavy atom. The van der Waals surface area contributed by atoms with Crippen molar-refractivity contribution in [2.75, 3.05) is 32.1 Å². The van der Waals surface area contributed by atoms with E-state index in [1.165, 1.54) is 12.1 Å². The molecule has 2 aromatic carbocycles. The molecule has 0 heterocycles. The van der Waals surface area contributed by atoms with Crippen molar-refractivity contribution in [1.82, 2.24) is 10.6 Å². The Kier molecular flexibility index (Phi) is 8.45. The SMILES string of the molecule is CN=C(NCCCNc1ccccc1)NCc1ccc(OCC(F)(F)F)cc1. The van der Waals surface area contributed by atoms with Crippen LogP contribution in [0.5, 0.6) is 5.75 Å². The molecule has 0 aliphatic heterocycles. The number of para-hydroxylation sites is 1. The molecule has 5 nitrogen and oxygen atoms in total. The Balaban J connectivity index is 1.64. The maximum atomic E-state index is 12.1. The van der Waals surface area contributed by atoms with Gasteiger partial charge in [-0.3, -0.25) is 4.99 Å². The second-order valence-corrected chi connectivity index (χ2v) is 6.05. The van der Waals surface area contributed by atoms with Gasteiger partial charge < -0.3 is 20.7 Å². The lowest BCUT2D eigenvalue weighted by Crippen LogP contribution is -2.37. The summed E-state index contributed by atoms with van der Waals surface area (Å²) in [5, 5.41) is 9.73. The highest BCUT2D eigenvalue weighted by Gasteiger charge is 2.28. The van der Waals surface area contributed by atoms with E-state index in [0.29, 0.717) is 12.5 Å². The molecular formula is C20H25F3N4O. The third-order valence-corrected chi connectivity index (χ3v) is 3.76. The fourth-order valence-corrected chi connectivity index (χ4v) is 2.36. The van der Waals surface area contributed by atoms with Crippen LogP contribution in [0.1, 0.15) is 12.0 Å². The van der Waals surface area contributed by atoms with Crippen LogP contribution in [-0.4, -0.2) is 38.9 Å². The van der Waals surface area contributed by atoms with E-state index in [1.54, 1.807) is 19.2 Å². The van der Waals surface area contributed by atoms with Gasteiger partial charge in [-0.2, -0.15) is 13.2 Å². The first-order valence-corrected chi connectivity index (χ1v) is 8.98. The van der Waals surface area contributed by atoms with Crippen LogP contribution in [0, 0.1) is 0 Å². The van der Waals surface area contributed by atoms with Crippen LogP contribution in [-0.2, 0) is 6.54 Å². The summed E-state index contributed by atoms with van der Waals surface area (Å²) < 4.78 is 41.1. The highest BCUT2D eigenvalue weighted by molar-refractivity contribution is 5.79. The number of ether oxygens (including phenoxy) is 1. The molecule has 0 aromatic heterocycles. The molecule has 0 spiro atoms. The van der Waals surface area contributed by atoms with Crippen molar-refractivity contribution in [1.29, 1.82) is 0 Å². The zero-order chi connectivity index (χ0) is 20.2. The molecule has 0 saturated heterocycles. The predicted octanol–water partition coefficient (Wildman–Crippen LogP) is 3.79. The van der Waals surface area contributed by atoms with E-state index in [2.05, 4.69) is 20.9 Å². The highest BCUT2D eigenvalue weighted by atomic mass is 19.4. The molecule has 0 fully saturated rings. The average molecular weight is 394 g/mol. The molecule has 0 saturated carbocycles. The van der Waals surface area contributed by atoms with E-state index in [0.717, 1.165) is 30.8 Å². The maximum Gasteiger partial charge on any atom is 0.422 e. The first-order chi connectivity index (χ1) is 13.5. The van der Waals surface area contributed by atoms with Crippen molar-refractivity contribution >= 4 is 11.6 Å². The zero-order valence-electron chi connectivity index (χ0n) is 15.7. The van der Waals surface area contributed by atoms with E-state index in [4.69, 9.17) is 4.74 Å². The molecule has 0 atom stereocenters. The number of rotatable bonds is 9. The molecule has 0 unspecified atom stereocenters. The van der Waals surface area contributed by atoms with Gasteiger partial charge in [0, 0.05) is 32.4 Å².